The molecule has 2 unspecified atom stereocenters. The van der Waals surface area contributed by atoms with E-state index in [2.05, 4.69) is 15.6 Å². The summed E-state index contributed by atoms with van der Waals surface area (Å²) < 4.78 is 57.7. The van der Waals surface area contributed by atoms with E-state index in [1.807, 2.05) is 32.9 Å². The lowest BCUT2D eigenvalue weighted by molar-refractivity contribution is -0.286. The average Bonchev–Trinajstić information content (AvgIpc) is 1.44. The monoisotopic (exact) mass is 1160 g/mol. The zero-order valence-electron chi connectivity index (χ0n) is 47.4. The molecule has 0 bridgehead atoms. The van der Waals surface area contributed by atoms with Crippen molar-refractivity contribution in [1.29, 1.82) is 0 Å². The Bertz CT molecular complexity index is 3520. The molecule has 5 saturated carbocycles. The topological polar surface area (TPSA) is 316 Å². The van der Waals surface area contributed by atoms with E-state index in [1.165, 1.54) is 39.8 Å². The summed E-state index contributed by atoms with van der Waals surface area (Å²) in [5.74, 6) is -10.6. The first-order valence-corrected chi connectivity index (χ1v) is 28.8. The van der Waals surface area contributed by atoms with Crippen molar-refractivity contribution in [3.8, 4) is 23.0 Å². The highest BCUT2D eigenvalue weighted by atomic mass is 16.8. The number of aromatic nitrogens is 3. The normalized spacial score (nSPS) is 42.4. The fraction of sp³-hybridized carbons (Fsp3) is 0.574. The van der Waals surface area contributed by atoms with E-state index in [-0.39, 0.29) is 38.2 Å². The van der Waals surface area contributed by atoms with Gasteiger partial charge in [-0.15, -0.1) is 5.10 Å². The Morgan fingerprint density at radius 1 is 0.810 bits per heavy atom. The predicted octanol–water partition coefficient (Wildman–Crippen LogP) is 3.89. The molecule has 23 heteroatoms. The first-order valence-electron chi connectivity index (χ1n) is 28.8. The molecule has 23 nitrogen and oxygen atoms in total. The Kier molecular flexibility index (Phi) is 11.8. The number of hydrogen-bond donors (Lipinski definition) is 5. The molecule has 5 N–H and O–H groups in total. The van der Waals surface area contributed by atoms with Crippen LogP contribution in [0.3, 0.4) is 0 Å². The molecule has 5 aliphatic carbocycles. The van der Waals surface area contributed by atoms with Crippen molar-refractivity contribution in [2.24, 2.45) is 57.7 Å². The lowest BCUT2D eigenvalue weighted by Crippen LogP contribution is -2.77. The number of hydrogen-bond acceptors (Lipinski definition) is 21. The highest BCUT2D eigenvalue weighted by molar-refractivity contribution is 5.97. The quantitative estimate of drug-likeness (QED) is 0.0808. The van der Waals surface area contributed by atoms with Crippen LogP contribution in [0.15, 0.2) is 66.9 Å². The van der Waals surface area contributed by atoms with E-state index < -0.39 is 165 Å². The lowest BCUT2D eigenvalue weighted by atomic mass is 9.40. The number of carbonyl (C=O) groups excluding carboxylic acids is 6. The Labute approximate surface area is 481 Å². The van der Waals surface area contributed by atoms with Crippen molar-refractivity contribution in [3.05, 3.63) is 94.8 Å². The number of aromatic hydroxyl groups is 1. The highest BCUT2D eigenvalue weighted by Crippen LogP contribution is 2.81. The summed E-state index contributed by atoms with van der Waals surface area (Å²) in [6.07, 6.45) is -6.15. The number of epoxide rings is 2. The summed E-state index contributed by atoms with van der Waals surface area (Å²) in [4.78, 5) is 81.8. The van der Waals surface area contributed by atoms with Crippen LogP contribution in [0.2, 0.25) is 0 Å². The first kappa shape index (κ1) is 54.7. The maximum absolute atomic E-state index is 14.5. The van der Waals surface area contributed by atoms with Crippen LogP contribution >= 0.6 is 0 Å². The molecule has 22 atom stereocenters. The summed E-state index contributed by atoms with van der Waals surface area (Å²) in [5, 5.41) is 61.2. The molecule has 3 aromatic carbocycles. The number of fused-ring (bicyclic) bond motifs is 15. The van der Waals surface area contributed by atoms with Crippen molar-refractivity contribution in [1.82, 2.24) is 20.3 Å². The van der Waals surface area contributed by atoms with Gasteiger partial charge in [0.15, 0.2) is 11.2 Å². The van der Waals surface area contributed by atoms with E-state index in [9.17, 15) is 49.2 Å². The smallest absolute Gasteiger partial charge is 0.341 e. The van der Waals surface area contributed by atoms with Crippen LogP contribution in [0.1, 0.15) is 107 Å². The van der Waals surface area contributed by atoms with E-state index in [0.29, 0.717) is 45.2 Å². The Balaban J connectivity index is 0.730. The summed E-state index contributed by atoms with van der Waals surface area (Å²) in [6, 6.07) is 15.9. The van der Waals surface area contributed by atoms with Gasteiger partial charge in [0.05, 0.1) is 41.5 Å². The molecule has 5 aliphatic heterocycles. The SMILES string of the molecule is CC(=O)O[C@H]1[C@H]2[C@@H]([C@@H](O)[C@@H](NC(=O)CCCn3cc(COc4ccc5c(c4)Oc4cc(O)ccc4C54OC(=O)c5ccccc54)nn3)[C@H]3C[C@@H]4O[C@@H]4[C@H](OC(C)=O)[C@]23C)[C@@H]2[C@@H](O)C3[C@H]([C@H](C)[C@H]4O[C@]45OC(=O)[C@@](C)(O)[C@]35C)[C@@]2(C)[C@H]1OC(C)=O. The summed E-state index contributed by atoms with van der Waals surface area (Å²) in [7, 11) is 0. The highest BCUT2D eigenvalue weighted by Gasteiger charge is 2.93. The molecule has 3 saturated heterocycles. The van der Waals surface area contributed by atoms with Gasteiger partial charge in [0.25, 0.3) is 0 Å². The number of phenolic OH excluding ortho intramolecular Hbond substituents is 1. The molecule has 6 heterocycles. The van der Waals surface area contributed by atoms with Gasteiger partial charge in [0, 0.05) is 91.1 Å². The van der Waals surface area contributed by atoms with E-state index >= 15 is 0 Å². The van der Waals surface area contributed by atoms with Crippen molar-refractivity contribution in [2.45, 2.75) is 160 Å². The number of amides is 1. The molecule has 2 spiro atoms. The molecule has 1 aromatic heterocycles. The van der Waals surface area contributed by atoms with Crippen molar-refractivity contribution >= 4 is 35.8 Å². The average molecular weight is 1160 g/mol. The molecule has 10 aliphatic rings. The standard InChI is InChI=1S/C61H66N4O19/c1-25-42-45(58(7)59(8,75)55(74)84-61(58)51(25)82-61)48(72)43-41-44(50(77-26(2)66)53(57(42,43)6)79-28(4)68)56(5)36(22-39-49(81-39)52(56)78-27(3)67)46(47(41)71)62-40(70)14-11-19-65-23-29(63-64-65)24-76-31-16-18-35-38(21-31)80-37-20-30(69)15-17-34(37)60(35)33-13-10-9-12-32(33)54(73)83-60/h9-10,12-13,15-18,20-21,23,25,36,39,41-53,69,71-72,75H,11,14,19,22,24H2,1-8H3,(H,62,70)/t25-,36+,39-,41-,42-,43+,44+,45?,46-,47+,48+,49-,50-,51+,52-,53-,56-,57+,58-,59+,60?,61-/m0/s1. The van der Waals surface area contributed by atoms with Gasteiger partial charge in [-0.2, -0.15) is 0 Å². The molecule has 14 rings (SSSR count). The minimum absolute atomic E-state index is 0.00380. The third-order valence-corrected chi connectivity index (χ3v) is 21.7. The van der Waals surface area contributed by atoms with Crippen LogP contribution in [-0.2, 0) is 75.9 Å². The minimum atomic E-state index is -2.18. The van der Waals surface area contributed by atoms with Gasteiger partial charge in [-0.05, 0) is 80.7 Å². The maximum atomic E-state index is 14.5. The molecule has 444 valence electrons. The zero-order valence-corrected chi connectivity index (χ0v) is 47.4. The van der Waals surface area contributed by atoms with Gasteiger partial charge in [-0.25, -0.2) is 9.59 Å². The molecule has 0 radical (unpaired) electrons. The zero-order chi connectivity index (χ0) is 59.3. The first-order chi connectivity index (χ1) is 39.8. The number of nitrogens with zero attached hydrogens (tertiary/aromatic N) is 3. The number of nitrogens with one attached hydrogen (secondary N) is 1. The Hall–Kier alpha value is -7.18. The number of esters is 5. The molecule has 1 amide bonds. The van der Waals surface area contributed by atoms with Gasteiger partial charge in [-0.1, -0.05) is 44.2 Å². The number of carbonyl (C=O) groups is 6. The third-order valence-electron chi connectivity index (χ3n) is 21.7. The second kappa shape index (κ2) is 18.2. The molecule has 84 heavy (non-hydrogen) atoms. The number of ether oxygens (including phenoxy) is 9. The van der Waals surface area contributed by atoms with Gasteiger partial charge in [0.2, 0.25) is 11.7 Å². The van der Waals surface area contributed by atoms with Crippen LogP contribution in [0.25, 0.3) is 0 Å². The summed E-state index contributed by atoms with van der Waals surface area (Å²) in [6.45, 7) is 12.5. The van der Waals surface area contributed by atoms with E-state index in [0.717, 1.165) is 0 Å². The van der Waals surface area contributed by atoms with Crippen LogP contribution < -0.4 is 14.8 Å². The molecular weight excluding hydrogens is 1090 g/mol. The number of aliphatic hydroxyl groups is 3. The maximum Gasteiger partial charge on any atom is 0.341 e. The summed E-state index contributed by atoms with van der Waals surface area (Å²) in [5.41, 5.74) is -5.14. The molecular formula is C61H66N4O19. The third kappa shape index (κ3) is 7.15. The number of aryl methyl sites for hydroxylation is 1. The van der Waals surface area contributed by atoms with E-state index in [1.54, 1.807) is 54.2 Å². The number of aliphatic hydroxyl groups excluding tert-OH is 2. The van der Waals surface area contributed by atoms with Crippen molar-refractivity contribution in [3.63, 3.8) is 0 Å². The van der Waals surface area contributed by atoms with Crippen molar-refractivity contribution < 1.29 is 91.8 Å². The number of rotatable bonds is 11. The Morgan fingerprint density at radius 3 is 2.25 bits per heavy atom. The van der Waals surface area contributed by atoms with E-state index in [4.69, 9.17) is 42.6 Å². The van der Waals surface area contributed by atoms with Crippen LogP contribution in [-0.4, -0.2) is 137 Å². The van der Waals surface area contributed by atoms with Gasteiger partial charge >= 0.3 is 29.8 Å². The van der Waals surface area contributed by atoms with Crippen LogP contribution in [0.4, 0.5) is 0 Å². The largest absolute Gasteiger partial charge is 0.508 e. The second-order valence-electron chi connectivity index (χ2n) is 25.8. The van der Waals surface area contributed by atoms with Gasteiger partial charge in [0.1, 0.15) is 65.8 Å². The second-order valence-corrected chi connectivity index (χ2v) is 25.8. The number of benzene rings is 3. The predicted molar refractivity (Wildman–Crippen MR) is 283 cm³/mol. The van der Waals surface area contributed by atoms with Gasteiger partial charge < -0.3 is 68.4 Å². The number of phenols is 1. The minimum Gasteiger partial charge on any atom is -0.508 e. The fourth-order valence-electron chi connectivity index (χ4n) is 18.4. The van der Waals surface area contributed by atoms with Crippen molar-refractivity contribution in [2.75, 3.05) is 0 Å². The van der Waals surface area contributed by atoms with Crippen LogP contribution in [0, 0.1) is 57.7 Å². The summed E-state index contributed by atoms with van der Waals surface area (Å²) >= 11 is 0. The van der Waals surface area contributed by atoms with Crippen LogP contribution in [0.5, 0.6) is 23.0 Å². The Morgan fingerprint density at radius 2 is 1.51 bits per heavy atom. The fourth-order valence-corrected chi connectivity index (χ4v) is 18.4. The molecule has 4 aromatic rings. The van der Waals surface area contributed by atoms with Gasteiger partial charge in [-0.3, -0.25) is 23.9 Å². The lowest BCUT2D eigenvalue weighted by Gasteiger charge is -2.67. The molecule has 8 fully saturated rings.